The van der Waals surface area contributed by atoms with Crippen molar-refractivity contribution in [2.24, 2.45) is 0 Å². The molecule has 0 saturated heterocycles. The Kier molecular flexibility index (Phi) is 5.91. The topological polar surface area (TPSA) is 0 Å². The molecule has 0 heteroatoms. The molecule has 0 bridgehead atoms. The Labute approximate surface area is 196 Å². The quantitative estimate of drug-likeness (QED) is 0.255. The predicted molar refractivity (Wildman–Crippen MR) is 143 cm³/mol. The van der Waals surface area contributed by atoms with Crippen molar-refractivity contribution in [3.63, 3.8) is 0 Å². The minimum atomic E-state index is 1.00. The molecule has 0 radical (unpaired) electrons. The largest absolute Gasteiger partial charge is 0.0955 e. The molecular weight excluding hydrogens is 396 g/mol. The number of allylic oxidation sites excluding steroid dienone is 1. The van der Waals surface area contributed by atoms with Crippen LogP contribution in [-0.4, -0.2) is 0 Å². The summed E-state index contributed by atoms with van der Waals surface area (Å²) < 4.78 is 0. The third kappa shape index (κ3) is 4.52. The summed E-state index contributed by atoms with van der Waals surface area (Å²) in [4.78, 5) is 0. The van der Waals surface area contributed by atoms with Gasteiger partial charge in [-0.25, -0.2) is 0 Å². The summed E-state index contributed by atoms with van der Waals surface area (Å²) in [6, 6.07) is 41.7. The standard InChI is InChI=1S/C33H28/c1-24(2)26-18-20-27(21-19-26)31-22-29-14-9-15-32(28-12-7-4-8-13-28)33(29)30(23-31)17-16-25-10-5-3-6-11-25/h3-15,18-23H,1,16-17H2,2H3. The molecule has 0 spiro atoms. The van der Waals surface area contributed by atoms with Gasteiger partial charge in [-0.05, 0) is 75.5 Å². The molecule has 0 unspecified atom stereocenters. The van der Waals surface area contributed by atoms with Gasteiger partial charge in [0.1, 0.15) is 0 Å². The number of rotatable bonds is 6. The van der Waals surface area contributed by atoms with E-state index in [1.54, 1.807) is 0 Å². The molecule has 0 aliphatic rings. The SMILES string of the molecule is C=C(C)c1ccc(-c2cc(CCc3ccccc3)c3c(-c4ccccc4)cccc3c2)cc1. The fraction of sp³-hybridized carbons (Fsp3) is 0.0909. The van der Waals surface area contributed by atoms with Gasteiger partial charge < -0.3 is 0 Å². The van der Waals surface area contributed by atoms with E-state index in [2.05, 4.69) is 129 Å². The summed E-state index contributed by atoms with van der Waals surface area (Å²) in [6.07, 6.45) is 2.03. The van der Waals surface area contributed by atoms with Crippen LogP contribution in [-0.2, 0) is 12.8 Å². The lowest BCUT2D eigenvalue weighted by atomic mass is 9.89. The molecule has 0 saturated carbocycles. The Morgan fingerprint density at radius 1 is 0.606 bits per heavy atom. The first-order valence-electron chi connectivity index (χ1n) is 11.6. The van der Waals surface area contributed by atoms with Gasteiger partial charge >= 0.3 is 0 Å². The van der Waals surface area contributed by atoms with Gasteiger partial charge in [0.25, 0.3) is 0 Å². The molecule has 0 aliphatic heterocycles. The van der Waals surface area contributed by atoms with Crippen LogP contribution >= 0.6 is 0 Å². The van der Waals surface area contributed by atoms with Crippen molar-refractivity contribution in [3.05, 3.63) is 139 Å². The fourth-order valence-corrected chi connectivity index (χ4v) is 4.61. The molecule has 0 amide bonds. The van der Waals surface area contributed by atoms with Crippen LogP contribution in [0.3, 0.4) is 0 Å². The molecule has 5 rings (SSSR count). The van der Waals surface area contributed by atoms with Crippen molar-refractivity contribution < 1.29 is 0 Å². The van der Waals surface area contributed by atoms with E-state index in [4.69, 9.17) is 0 Å². The second kappa shape index (κ2) is 9.30. The summed E-state index contributed by atoms with van der Waals surface area (Å²) in [5.74, 6) is 0. The van der Waals surface area contributed by atoms with E-state index in [-0.39, 0.29) is 0 Å². The van der Waals surface area contributed by atoms with Crippen LogP contribution in [0.2, 0.25) is 0 Å². The van der Waals surface area contributed by atoms with Gasteiger partial charge in [0.05, 0.1) is 0 Å². The molecule has 0 aromatic heterocycles. The van der Waals surface area contributed by atoms with Crippen LogP contribution < -0.4 is 0 Å². The molecule has 33 heavy (non-hydrogen) atoms. The van der Waals surface area contributed by atoms with Crippen LogP contribution in [0.1, 0.15) is 23.6 Å². The zero-order valence-electron chi connectivity index (χ0n) is 19.1. The molecule has 0 fully saturated rings. The molecule has 160 valence electrons. The molecular formula is C33H28. The first-order valence-corrected chi connectivity index (χ1v) is 11.6. The highest BCUT2D eigenvalue weighted by Gasteiger charge is 2.12. The Balaban J connectivity index is 1.65. The van der Waals surface area contributed by atoms with E-state index in [0.717, 1.165) is 18.4 Å². The lowest BCUT2D eigenvalue weighted by Crippen LogP contribution is -1.96. The van der Waals surface area contributed by atoms with E-state index in [1.165, 1.54) is 49.7 Å². The zero-order chi connectivity index (χ0) is 22.6. The Morgan fingerprint density at radius 2 is 1.30 bits per heavy atom. The zero-order valence-corrected chi connectivity index (χ0v) is 19.1. The Bertz CT molecular complexity index is 1390. The third-order valence-electron chi connectivity index (χ3n) is 6.38. The van der Waals surface area contributed by atoms with E-state index >= 15 is 0 Å². The van der Waals surface area contributed by atoms with Gasteiger partial charge in [0.2, 0.25) is 0 Å². The van der Waals surface area contributed by atoms with Gasteiger partial charge in [-0.1, -0.05) is 121 Å². The molecule has 0 aliphatic carbocycles. The Morgan fingerprint density at radius 3 is 2.00 bits per heavy atom. The molecule has 0 atom stereocenters. The van der Waals surface area contributed by atoms with Crippen molar-refractivity contribution in [2.45, 2.75) is 19.8 Å². The highest BCUT2D eigenvalue weighted by molar-refractivity contribution is 6.01. The minimum absolute atomic E-state index is 1.00. The maximum absolute atomic E-state index is 4.07. The summed E-state index contributed by atoms with van der Waals surface area (Å²) in [5, 5.41) is 2.66. The van der Waals surface area contributed by atoms with E-state index in [1.807, 2.05) is 0 Å². The summed E-state index contributed by atoms with van der Waals surface area (Å²) in [5.41, 5.74) is 10.1. The van der Waals surface area contributed by atoms with Gasteiger partial charge in [0, 0.05) is 0 Å². The number of hydrogen-bond donors (Lipinski definition) is 0. The summed E-state index contributed by atoms with van der Waals surface area (Å²) in [7, 11) is 0. The molecule has 0 N–H and O–H groups in total. The monoisotopic (exact) mass is 424 g/mol. The average molecular weight is 425 g/mol. The lowest BCUT2D eigenvalue weighted by molar-refractivity contribution is 0.970. The first kappa shape index (κ1) is 21.0. The average Bonchev–Trinajstić information content (AvgIpc) is 2.88. The molecule has 5 aromatic rings. The Hall–Kier alpha value is -3.90. The van der Waals surface area contributed by atoms with Crippen LogP contribution in [0.25, 0.3) is 38.6 Å². The van der Waals surface area contributed by atoms with Gasteiger partial charge in [0.15, 0.2) is 0 Å². The maximum Gasteiger partial charge on any atom is -0.00728 e. The van der Waals surface area contributed by atoms with Crippen molar-refractivity contribution in [2.75, 3.05) is 0 Å². The number of hydrogen-bond acceptors (Lipinski definition) is 0. The van der Waals surface area contributed by atoms with Crippen LogP contribution in [0.5, 0.6) is 0 Å². The van der Waals surface area contributed by atoms with Crippen molar-refractivity contribution in [1.82, 2.24) is 0 Å². The highest BCUT2D eigenvalue weighted by atomic mass is 14.2. The second-order valence-corrected chi connectivity index (χ2v) is 8.75. The van der Waals surface area contributed by atoms with Gasteiger partial charge in [-0.3, -0.25) is 0 Å². The predicted octanol–water partition coefficient (Wildman–Crippen LogP) is 8.99. The highest BCUT2D eigenvalue weighted by Crippen LogP contribution is 2.35. The third-order valence-corrected chi connectivity index (χ3v) is 6.38. The van der Waals surface area contributed by atoms with Crippen LogP contribution in [0.15, 0.2) is 122 Å². The lowest BCUT2D eigenvalue weighted by Gasteiger charge is -2.15. The summed E-state index contributed by atoms with van der Waals surface area (Å²) in [6.45, 7) is 6.13. The van der Waals surface area contributed by atoms with E-state index < -0.39 is 0 Å². The first-order chi connectivity index (χ1) is 16.2. The maximum atomic E-state index is 4.07. The van der Waals surface area contributed by atoms with Gasteiger partial charge in [-0.2, -0.15) is 0 Å². The van der Waals surface area contributed by atoms with Crippen LogP contribution in [0.4, 0.5) is 0 Å². The molecule has 0 nitrogen and oxygen atoms in total. The number of benzene rings is 5. The second-order valence-electron chi connectivity index (χ2n) is 8.75. The minimum Gasteiger partial charge on any atom is -0.0955 e. The van der Waals surface area contributed by atoms with E-state index in [9.17, 15) is 0 Å². The molecule has 5 aromatic carbocycles. The van der Waals surface area contributed by atoms with Crippen LogP contribution in [0, 0.1) is 0 Å². The summed E-state index contributed by atoms with van der Waals surface area (Å²) >= 11 is 0. The smallest absolute Gasteiger partial charge is 0.00728 e. The number of fused-ring (bicyclic) bond motifs is 1. The van der Waals surface area contributed by atoms with Crippen molar-refractivity contribution in [1.29, 1.82) is 0 Å². The van der Waals surface area contributed by atoms with Gasteiger partial charge in [-0.15, -0.1) is 0 Å². The van der Waals surface area contributed by atoms with Crippen molar-refractivity contribution >= 4 is 16.3 Å². The number of aryl methyl sites for hydroxylation is 2. The molecule has 0 heterocycles. The van der Waals surface area contributed by atoms with E-state index in [0.29, 0.717) is 0 Å². The fourth-order valence-electron chi connectivity index (χ4n) is 4.61. The van der Waals surface area contributed by atoms with Crippen molar-refractivity contribution in [3.8, 4) is 22.3 Å². The normalized spacial score (nSPS) is 10.9.